The van der Waals surface area contributed by atoms with Crippen molar-refractivity contribution in [3.63, 3.8) is 0 Å². The Morgan fingerprint density at radius 2 is 2.12 bits per heavy atom. The third-order valence-corrected chi connectivity index (χ3v) is 2.51. The van der Waals surface area contributed by atoms with Crippen molar-refractivity contribution in [3.8, 4) is 0 Å². The molecule has 0 aliphatic rings. The van der Waals surface area contributed by atoms with Gasteiger partial charge in [-0.2, -0.15) is 0 Å². The van der Waals surface area contributed by atoms with E-state index in [2.05, 4.69) is 6.07 Å². The highest BCUT2D eigenvalue weighted by atomic mass is 35.5. The number of esters is 1. The van der Waals surface area contributed by atoms with Crippen molar-refractivity contribution in [2.45, 2.75) is 26.7 Å². The Hall–Kier alpha value is -1.02. The van der Waals surface area contributed by atoms with Crippen LogP contribution in [0.15, 0.2) is 18.2 Å². The second kappa shape index (κ2) is 6.54. The molecule has 0 spiro atoms. The molecule has 0 saturated carbocycles. The van der Waals surface area contributed by atoms with Gasteiger partial charge >= 0.3 is 5.97 Å². The Kier molecular flexibility index (Phi) is 5.33. The van der Waals surface area contributed by atoms with E-state index in [0.29, 0.717) is 18.1 Å². The van der Waals surface area contributed by atoms with Crippen LogP contribution in [0.5, 0.6) is 0 Å². The molecule has 0 amide bonds. The van der Waals surface area contributed by atoms with Crippen molar-refractivity contribution in [3.05, 3.63) is 34.9 Å². The van der Waals surface area contributed by atoms with E-state index in [1.807, 2.05) is 26.0 Å². The minimum Gasteiger partial charge on any atom is -0.462 e. The fraction of sp³-hybridized carbons (Fsp3) is 0.462. The van der Waals surface area contributed by atoms with E-state index in [-0.39, 0.29) is 5.97 Å². The van der Waals surface area contributed by atoms with Gasteiger partial charge in [0.15, 0.2) is 0 Å². The molecule has 0 aliphatic carbocycles. The molecule has 0 heterocycles. The lowest BCUT2D eigenvalue weighted by Crippen LogP contribution is -2.05. The van der Waals surface area contributed by atoms with E-state index in [1.54, 1.807) is 0 Å². The lowest BCUT2D eigenvalue weighted by molar-refractivity contribution is 0.0526. The second-order valence-corrected chi connectivity index (χ2v) is 4.10. The lowest BCUT2D eigenvalue weighted by atomic mass is 10.0. The molecule has 88 valence electrons. The van der Waals surface area contributed by atoms with E-state index in [9.17, 15) is 4.79 Å². The molecular weight excluding hydrogens is 224 g/mol. The van der Waals surface area contributed by atoms with Crippen LogP contribution in [-0.4, -0.2) is 18.5 Å². The molecule has 0 saturated heterocycles. The van der Waals surface area contributed by atoms with Crippen molar-refractivity contribution < 1.29 is 9.53 Å². The zero-order valence-corrected chi connectivity index (χ0v) is 10.5. The summed E-state index contributed by atoms with van der Waals surface area (Å²) in [6, 6.07) is 5.81. The quantitative estimate of drug-likeness (QED) is 0.583. The van der Waals surface area contributed by atoms with Gasteiger partial charge in [0.05, 0.1) is 12.2 Å². The Morgan fingerprint density at radius 1 is 1.38 bits per heavy atom. The van der Waals surface area contributed by atoms with Gasteiger partial charge in [-0.3, -0.25) is 0 Å². The highest BCUT2D eigenvalue weighted by molar-refractivity contribution is 6.17. The molecule has 1 rings (SSSR count). The summed E-state index contributed by atoms with van der Waals surface area (Å²) in [7, 11) is 0. The minimum atomic E-state index is -0.252. The fourth-order valence-corrected chi connectivity index (χ4v) is 1.74. The van der Waals surface area contributed by atoms with E-state index in [1.165, 1.54) is 0 Å². The third-order valence-electron chi connectivity index (χ3n) is 2.25. The summed E-state index contributed by atoms with van der Waals surface area (Å²) >= 11 is 5.65. The summed E-state index contributed by atoms with van der Waals surface area (Å²) in [6.45, 7) is 4.19. The first-order chi connectivity index (χ1) is 7.67. The van der Waals surface area contributed by atoms with Gasteiger partial charge in [0.25, 0.3) is 0 Å². The maximum absolute atomic E-state index is 11.6. The van der Waals surface area contributed by atoms with E-state index in [4.69, 9.17) is 16.3 Å². The normalized spacial score (nSPS) is 10.2. The van der Waals surface area contributed by atoms with Crippen molar-refractivity contribution in [1.82, 2.24) is 0 Å². The Morgan fingerprint density at radius 3 is 2.75 bits per heavy atom. The molecule has 0 N–H and O–H groups in total. The molecule has 0 radical (unpaired) electrons. The molecule has 1 aromatic rings. The first-order valence-electron chi connectivity index (χ1n) is 5.51. The van der Waals surface area contributed by atoms with Crippen LogP contribution in [-0.2, 0) is 11.2 Å². The van der Waals surface area contributed by atoms with Crippen molar-refractivity contribution in [2.75, 3.05) is 12.5 Å². The van der Waals surface area contributed by atoms with E-state index in [0.717, 1.165) is 24.0 Å². The summed E-state index contributed by atoms with van der Waals surface area (Å²) in [6.07, 6.45) is 1.82. The van der Waals surface area contributed by atoms with Crippen LogP contribution < -0.4 is 0 Å². The Balaban J connectivity index is 2.84. The summed E-state index contributed by atoms with van der Waals surface area (Å²) in [5, 5.41) is 0. The smallest absolute Gasteiger partial charge is 0.338 e. The van der Waals surface area contributed by atoms with Gasteiger partial charge in [-0.05, 0) is 44.4 Å². The number of hydrogen-bond donors (Lipinski definition) is 0. The van der Waals surface area contributed by atoms with Gasteiger partial charge in [-0.1, -0.05) is 11.6 Å². The van der Waals surface area contributed by atoms with Gasteiger partial charge in [0.2, 0.25) is 0 Å². The molecule has 2 nitrogen and oxygen atoms in total. The van der Waals surface area contributed by atoms with Crippen LogP contribution in [0.25, 0.3) is 0 Å². The van der Waals surface area contributed by atoms with E-state index >= 15 is 0 Å². The van der Waals surface area contributed by atoms with Gasteiger partial charge in [0.1, 0.15) is 0 Å². The van der Waals surface area contributed by atoms with Crippen LogP contribution in [0, 0.1) is 6.92 Å². The number of aryl methyl sites for hydroxylation is 2. The van der Waals surface area contributed by atoms with Crippen LogP contribution in [0.4, 0.5) is 0 Å². The van der Waals surface area contributed by atoms with Gasteiger partial charge < -0.3 is 4.74 Å². The molecule has 0 atom stereocenters. The lowest BCUT2D eigenvalue weighted by Gasteiger charge is -2.06. The highest BCUT2D eigenvalue weighted by Crippen LogP contribution is 2.13. The predicted octanol–water partition coefficient (Wildman–Crippen LogP) is 3.34. The largest absolute Gasteiger partial charge is 0.462 e. The highest BCUT2D eigenvalue weighted by Gasteiger charge is 2.08. The Labute approximate surface area is 102 Å². The van der Waals surface area contributed by atoms with Crippen molar-refractivity contribution >= 4 is 17.6 Å². The number of ether oxygens (including phenoxy) is 1. The van der Waals surface area contributed by atoms with Crippen LogP contribution in [0.1, 0.15) is 34.8 Å². The maximum Gasteiger partial charge on any atom is 0.338 e. The van der Waals surface area contributed by atoms with Crippen LogP contribution in [0.2, 0.25) is 0 Å². The molecule has 16 heavy (non-hydrogen) atoms. The molecular formula is C13H17ClO2. The first kappa shape index (κ1) is 13.0. The molecule has 0 bridgehead atoms. The number of carbonyl (C=O) groups is 1. The van der Waals surface area contributed by atoms with Crippen molar-refractivity contribution in [1.29, 1.82) is 0 Å². The average Bonchev–Trinajstić information content (AvgIpc) is 2.26. The zero-order chi connectivity index (χ0) is 12.0. The number of hydrogen-bond acceptors (Lipinski definition) is 2. The van der Waals surface area contributed by atoms with Crippen LogP contribution >= 0.6 is 11.6 Å². The SMILES string of the molecule is CCOC(=O)c1cc(C)cc(CCCCl)c1. The summed E-state index contributed by atoms with van der Waals surface area (Å²) in [5.74, 6) is 0.390. The van der Waals surface area contributed by atoms with Gasteiger partial charge in [-0.25, -0.2) is 4.79 Å². The second-order valence-electron chi connectivity index (χ2n) is 3.72. The van der Waals surface area contributed by atoms with Gasteiger partial charge in [-0.15, -0.1) is 11.6 Å². The molecule has 1 aromatic carbocycles. The summed E-state index contributed by atoms with van der Waals surface area (Å²) in [5.41, 5.74) is 2.85. The number of benzene rings is 1. The minimum absolute atomic E-state index is 0.252. The number of rotatable bonds is 5. The predicted molar refractivity (Wildman–Crippen MR) is 66.2 cm³/mol. The third kappa shape index (κ3) is 3.86. The maximum atomic E-state index is 11.6. The zero-order valence-electron chi connectivity index (χ0n) is 9.75. The number of carbonyl (C=O) groups excluding carboxylic acids is 1. The Bertz CT molecular complexity index is 361. The monoisotopic (exact) mass is 240 g/mol. The molecule has 0 fully saturated rings. The van der Waals surface area contributed by atoms with Crippen LogP contribution in [0.3, 0.4) is 0 Å². The molecule has 0 unspecified atom stereocenters. The topological polar surface area (TPSA) is 26.3 Å². The number of halogens is 1. The van der Waals surface area contributed by atoms with Crippen molar-refractivity contribution in [2.24, 2.45) is 0 Å². The van der Waals surface area contributed by atoms with Gasteiger partial charge in [0, 0.05) is 5.88 Å². The summed E-state index contributed by atoms with van der Waals surface area (Å²) < 4.78 is 4.98. The standard InChI is InChI=1S/C13H17ClO2/c1-3-16-13(15)12-8-10(2)7-11(9-12)5-4-6-14/h7-9H,3-6H2,1-2H3. The number of alkyl halides is 1. The molecule has 0 aromatic heterocycles. The van der Waals surface area contributed by atoms with E-state index < -0.39 is 0 Å². The first-order valence-corrected chi connectivity index (χ1v) is 6.04. The average molecular weight is 241 g/mol. The molecule has 0 aliphatic heterocycles. The molecule has 3 heteroatoms. The fourth-order valence-electron chi connectivity index (χ4n) is 1.61. The summed E-state index contributed by atoms with van der Waals surface area (Å²) in [4.78, 5) is 11.6.